The van der Waals surface area contributed by atoms with Gasteiger partial charge in [-0.1, -0.05) is 6.07 Å². The van der Waals surface area contributed by atoms with Gasteiger partial charge in [0.15, 0.2) is 0 Å². The topological polar surface area (TPSA) is 23.6 Å². The molecule has 0 saturated carbocycles. The Kier molecular flexibility index (Phi) is 4.28. The molecule has 120 valence electrons. The van der Waals surface area contributed by atoms with Crippen molar-refractivity contribution in [1.82, 2.24) is 4.90 Å². The fourth-order valence-electron chi connectivity index (χ4n) is 2.73. The predicted octanol–water partition coefficient (Wildman–Crippen LogP) is 3.24. The lowest BCUT2D eigenvalue weighted by molar-refractivity contribution is 0.0746. The summed E-state index contributed by atoms with van der Waals surface area (Å²) in [7, 11) is 0. The second kappa shape index (κ2) is 6.36. The van der Waals surface area contributed by atoms with Crippen molar-refractivity contribution in [2.45, 2.75) is 6.92 Å². The number of piperazine rings is 1. The summed E-state index contributed by atoms with van der Waals surface area (Å²) < 4.78 is 26.6. The summed E-state index contributed by atoms with van der Waals surface area (Å²) in [5, 5.41) is 0. The van der Waals surface area contributed by atoms with E-state index in [0.29, 0.717) is 37.3 Å². The van der Waals surface area contributed by atoms with Crippen molar-refractivity contribution >= 4 is 11.6 Å². The molecule has 0 bridgehead atoms. The minimum Gasteiger partial charge on any atom is -0.368 e. The first kappa shape index (κ1) is 15.5. The fourth-order valence-corrected chi connectivity index (χ4v) is 2.73. The van der Waals surface area contributed by atoms with Gasteiger partial charge in [-0.2, -0.15) is 0 Å². The molecule has 0 radical (unpaired) electrons. The Morgan fingerprint density at radius 3 is 2.22 bits per heavy atom. The number of anilines is 1. The Hall–Kier alpha value is -2.43. The molecule has 1 aliphatic heterocycles. The Morgan fingerprint density at radius 1 is 0.957 bits per heavy atom. The van der Waals surface area contributed by atoms with Crippen molar-refractivity contribution in [3.05, 3.63) is 65.2 Å². The van der Waals surface area contributed by atoms with Crippen LogP contribution in [0.4, 0.5) is 14.5 Å². The minimum atomic E-state index is -0.360. The predicted molar refractivity (Wildman–Crippen MR) is 85.7 cm³/mol. The zero-order valence-corrected chi connectivity index (χ0v) is 12.9. The highest BCUT2D eigenvalue weighted by molar-refractivity contribution is 5.94. The van der Waals surface area contributed by atoms with Crippen LogP contribution in [-0.2, 0) is 0 Å². The molecule has 5 heteroatoms. The summed E-state index contributed by atoms with van der Waals surface area (Å²) in [4.78, 5) is 16.3. The molecule has 0 atom stereocenters. The molecule has 0 aliphatic carbocycles. The van der Waals surface area contributed by atoms with Crippen molar-refractivity contribution in [2.75, 3.05) is 31.1 Å². The summed E-state index contributed by atoms with van der Waals surface area (Å²) in [6.45, 7) is 4.14. The third-order valence-corrected chi connectivity index (χ3v) is 4.18. The zero-order chi connectivity index (χ0) is 16.4. The number of hydrogen-bond donors (Lipinski definition) is 0. The Labute approximate surface area is 134 Å². The van der Waals surface area contributed by atoms with Crippen LogP contribution in [0.1, 0.15) is 15.9 Å². The summed E-state index contributed by atoms with van der Waals surface area (Å²) in [5.41, 5.74) is 1.85. The summed E-state index contributed by atoms with van der Waals surface area (Å²) in [6.07, 6.45) is 0. The first-order valence-electron chi connectivity index (χ1n) is 7.60. The molecular weight excluding hydrogens is 298 g/mol. The Balaban J connectivity index is 1.65. The van der Waals surface area contributed by atoms with Gasteiger partial charge >= 0.3 is 0 Å². The number of halogens is 2. The van der Waals surface area contributed by atoms with Gasteiger partial charge in [0.1, 0.15) is 11.6 Å². The molecular formula is C18H18F2N2O. The lowest BCUT2D eigenvalue weighted by Gasteiger charge is -2.36. The lowest BCUT2D eigenvalue weighted by atomic mass is 10.1. The standard InChI is InChI=1S/C18H18F2N2O/c1-13-2-3-14(12-17(13)20)18(23)22-10-8-21(9-11-22)16-6-4-15(19)5-7-16/h2-7,12H,8-11H2,1H3. The minimum absolute atomic E-state index is 0.150. The molecule has 2 aromatic carbocycles. The summed E-state index contributed by atoms with van der Waals surface area (Å²) >= 11 is 0. The van der Waals surface area contributed by atoms with E-state index in [4.69, 9.17) is 0 Å². The first-order valence-corrected chi connectivity index (χ1v) is 7.60. The molecule has 3 rings (SSSR count). The van der Waals surface area contributed by atoms with E-state index in [1.54, 1.807) is 36.1 Å². The van der Waals surface area contributed by atoms with E-state index < -0.39 is 0 Å². The number of nitrogens with zero attached hydrogens (tertiary/aromatic N) is 2. The van der Waals surface area contributed by atoms with Crippen molar-refractivity contribution < 1.29 is 13.6 Å². The molecule has 0 N–H and O–H groups in total. The maximum Gasteiger partial charge on any atom is 0.254 e. The number of amides is 1. The number of hydrogen-bond acceptors (Lipinski definition) is 2. The van der Waals surface area contributed by atoms with Crippen molar-refractivity contribution in [3.8, 4) is 0 Å². The molecule has 1 aliphatic rings. The normalized spacial score (nSPS) is 14.9. The van der Waals surface area contributed by atoms with Gasteiger partial charge in [0.25, 0.3) is 5.91 Å². The smallest absolute Gasteiger partial charge is 0.254 e. The Morgan fingerprint density at radius 2 is 1.61 bits per heavy atom. The van der Waals surface area contributed by atoms with Crippen LogP contribution < -0.4 is 4.90 Å². The molecule has 23 heavy (non-hydrogen) atoms. The Bertz CT molecular complexity index is 707. The van der Waals surface area contributed by atoms with Crippen molar-refractivity contribution in [2.24, 2.45) is 0 Å². The van der Waals surface area contributed by atoms with E-state index in [-0.39, 0.29) is 17.5 Å². The highest BCUT2D eigenvalue weighted by Crippen LogP contribution is 2.18. The number of carbonyl (C=O) groups excluding carboxylic acids is 1. The average Bonchev–Trinajstić information content (AvgIpc) is 2.57. The third kappa shape index (κ3) is 3.33. The van der Waals surface area contributed by atoms with Gasteiger partial charge < -0.3 is 9.80 Å². The number of rotatable bonds is 2. The van der Waals surface area contributed by atoms with Gasteiger partial charge in [0, 0.05) is 37.4 Å². The van der Waals surface area contributed by atoms with E-state index >= 15 is 0 Å². The summed E-state index contributed by atoms with van der Waals surface area (Å²) in [6, 6.07) is 10.9. The SMILES string of the molecule is Cc1ccc(C(=O)N2CCN(c3ccc(F)cc3)CC2)cc1F. The lowest BCUT2D eigenvalue weighted by Crippen LogP contribution is -2.48. The van der Waals surface area contributed by atoms with Crippen LogP contribution in [0.15, 0.2) is 42.5 Å². The number of carbonyl (C=O) groups is 1. The third-order valence-electron chi connectivity index (χ3n) is 4.18. The van der Waals surface area contributed by atoms with Gasteiger partial charge in [-0.05, 0) is 48.9 Å². The van der Waals surface area contributed by atoms with Crippen LogP contribution in [0.3, 0.4) is 0 Å². The molecule has 3 nitrogen and oxygen atoms in total. The second-order valence-electron chi connectivity index (χ2n) is 5.72. The largest absolute Gasteiger partial charge is 0.368 e. The molecule has 0 spiro atoms. The molecule has 1 heterocycles. The molecule has 1 fully saturated rings. The van der Waals surface area contributed by atoms with Crippen LogP contribution >= 0.6 is 0 Å². The average molecular weight is 316 g/mol. The van der Waals surface area contributed by atoms with Crippen LogP contribution in [0, 0.1) is 18.6 Å². The van der Waals surface area contributed by atoms with Crippen LogP contribution in [-0.4, -0.2) is 37.0 Å². The molecule has 0 aromatic heterocycles. The molecule has 1 saturated heterocycles. The highest BCUT2D eigenvalue weighted by Gasteiger charge is 2.22. The second-order valence-corrected chi connectivity index (χ2v) is 5.72. The summed E-state index contributed by atoms with van der Waals surface area (Å²) in [5.74, 6) is -0.771. The van der Waals surface area contributed by atoms with Crippen LogP contribution in [0.5, 0.6) is 0 Å². The van der Waals surface area contributed by atoms with E-state index in [1.165, 1.54) is 18.2 Å². The molecule has 0 unspecified atom stereocenters. The van der Waals surface area contributed by atoms with Crippen molar-refractivity contribution in [3.63, 3.8) is 0 Å². The first-order chi connectivity index (χ1) is 11.0. The monoisotopic (exact) mass is 316 g/mol. The van der Waals surface area contributed by atoms with E-state index in [1.807, 2.05) is 0 Å². The van der Waals surface area contributed by atoms with Gasteiger partial charge in [-0.3, -0.25) is 4.79 Å². The molecule has 1 amide bonds. The van der Waals surface area contributed by atoms with Crippen LogP contribution in [0.25, 0.3) is 0 Å². The van der Waals surface area contributed by atoms with Gasteiger partial charge in [0.05, 0.1) is 0 Å². The zero-order valence-electron chi connectivity index (χ0n) is 12.9. The van der Waals surface area contributed by atoms with E-state index in [2.05, 4.69) is 4.90 Å². The maximum atomic E-state index is 13.6. The fraction of sp³-hybridized carbons (Fsp3) is 0.278. The van der Waals surface area contributed by atoms with Gasteiger partial charge in [-0.15, -0.1) is 0 Å². The molecule has 2 aromatic rings. The van der Waals surface area contributed by atoms with E-state index in [9.17, 15) is 13.6 Å². The maximum absolute atomic E-state index is 13.6. The van der Waals surface area contributed by atoms with E-state index in [0.717, 1.165) is 5.69 Å². The quantitative estimate of drug-likeness (QED) is 0.849. The number of aryl methyl sites for hydroxylation is 1. The van der Waals surface area contributed by atoms with Gasteiger partial charge in [-0.25, -0.2) is 8.78 Å². The highest BCUT2D eigenvalue weighted by atomic mass is 19.1. The van der Waals surface area contributed by atoms with Crippen molar-refractivity contribution in [1.29, 1.82) is 0 Å². The number of benzene rings is 2. The van der Waals surface area contributed by atoms with Crippen LogP contribution in [0.2, 0.25) is 0 Å². The van der Waals surface area contributed by atoms with Gasteiger partial charge in [0.2, 0.25) is 0 Å².